The first-order valence-electron chi connectivity index (χ1n) is 43.1. The average Bonchev–Trinajstić information content (AvgIpc) is 1.65. The highest BCUT2D eigenvalue weighted by atomic mass is 19.2. The van der Waals surface area contributed by atoms with Crippen LogP contribution in [-0.4, -0.2) is 170 Å². The Balaban J connectivity index is 0.000000144. The molecular formula is C99H95F8N13O11. The van der Waals surface area contributed by atoms with Gasteiger partial charge in [0.25, 0.3) is 11.1 Å². The van der Waals surface area contributed by atoms with Crippen molar-refractivity contribution in [1.29, 1.82) is 0 Å². The third-order valence-electron chi connectivity index (χ3n) is 25.4. The molecule has 6 unspecified atom stereocenters. The molecule has 3 amide bonds. The Labute approximate surface area is 747 Å². The van der Waals surface area contributed by atoms with Crippen LogP contribution in [0.25, 0.3) is 83.4 Å². The number of amides is 3. The maximum Gasteiger partial charge on any atom is 0.301 e. The van der Waals surface area contributed by atoms with Crippen molar-refractivity contribution in [3.05, 3.63) is 264 Å². The number of ether oxygens (including phenoxy) is 2. The van der Waals surface area contributed by atoms with Crippen molar-refractivity contribution in [2.45, 2.75) is 150 Å². The van der Waals surface area contributed by atoms with Gasteiger partial charge in [0.2, 0.25) is 29.2 Å². The molecule has 0 aliphatic carbocycles. The molecule has 3 fully saturated rings. The van der Waals surface area contributed by atoms with E-state index < -0.39 is 114 Å². The first-order valence-corrected chi connectivity index (χ1v) is 43.1. The fraction of sp³-hybridized carbons (Fsp3) is 0.313. The molecule has 0 radical (unpaired) electrons. The van der Waals surface area contributed by atoms with Crippen molar-refractivity contribution >= 4 is 67.6 Å². The lowest BCUT2D eigenvalue weighted by Crippen LogP contribution is -2.62. The maximum atomic E-state index is 17.2. The zero-order valence-electron chi connectivity index (χ0n) is 74.0. The van der Waals surface area contributed by atoms with E-state index in [0.717, 1.165) is 52.6 Å². The van der Waals surface area contributed by atoms with Crippen molar-refractivity contribution in [3.8, 4) is 79.3 Å². The van der Waals surface area contributed by atoms with Crippen molar-refractivity contribution in [1.82, 2.24) is 48.3 Å². The lowest BCUT2D eigenvalue weighted by molar-refractivity contribution is -0.128. The molecule has 24 nitrogen and oxygen atoms in total. The van der Waals surface area contributed by atoms with E-state index in [1.807, 2.05) is 83.9 Å². The second-order valence-corrected chi connectivity index (χ2v) is 34.9. The number of anilines is 3. The van der Waals surface area contributed by atoms with Crippen LogP contribution in [0, 0.1) is 67.3 Å². The molecule has 0 bridgehead atoms. The monoisotopic (exact) mass is 1790 g/mol. The smallest absolute Gasteiger partial charge is 0.301 e. The number of aryl methyl sites for hydroxylation is 3. The van der Waals surface area contributed by atoms with Crippen LogP contribution in [0.3, 0.4) is 0 Å². The van der Waals surface area contributed by atoms with Gasteiger partial charge < -0.3 is 54.2 Å². The Bertz CT molecular complexity index is 6960. The first kappa shape index (κ1) is 90.2. The maximum absolute atomic E-state index is 17.2. The SMILES string of the molecule is C=CC(=O)N1CC(C)N2c3c(c(=O)n(-c4c(C)ccnc4C(C)C)c4c(F)c(-c5c(O)cccc5F)c(F)cc34)CC2C1.C=CC(=O)N1CC(C)N2c3c(c(=O)n(-c4c(C)ccnc4C(C)C)c4c(F)c(-c5c(O)cccc5F)c(F)cc34)OCCC2C1.C=CC(=O)N1CC(C)N2c3c(c(=O)n(-c4c(C)ccnc4C(C)C)c4nc(-c5c(O)cccc5F)c(F)cc34)OCC2C1. The van der Waals surface area contributed by atoms with Gasteiger partial charge in [-0.1, -0.05) is 79.5 Å². The zero-order valence-corrected chi connectivity index (χ0v) is 74.0. The largest absolute Gasteiger partial charge is 0.507 e. The number of rotatable bonds is 12. The lowest BCUT2D eigenvalue weighted by atomic mass is 9.96. The van der Waals surface area contributed by atoms with Crippen LogP contribution < -0.4 is 40.9 Å². The minimum atomic E-state index is -1.22. The van der Waals surface area contributed by atoms with Gasteiger partial charge in [-0.2, -0.15) is 0 Å². The van der Waals surface area contributed by atoms with Gasteiger partial charge in [0.1, 0.15) is 58.6 Å². The van der Waals surface area contributed by atoms with E-state index in [1.54, 1.807) is 65.3 Å². The average molecular weight is 1790 g/mol. The highest BCUT2D eigenvalue weighted by Gasteiger charge is 2.47. The summed E-state index contributed by atoms with van der Waals surface area (Å²) in [5.74, 6) is -11.4. The molecule has 0 spiro atoms. The summed E-state index contributed by atoms with van der Waals surface area (Å²) in [6.45, 7) is 35.4. The second-order valence-electron chi connectivity index (χ2n) is 34.9. The van der Waals surface area contributed by atoms with Crippen LogP contribution in [0.5, 0.6) is 28.7 Å². The molecule has 131 heavy (non-hydrogen) atoms. The Kier molecular flexibility index (Phi) is 24.1. The van der Waals surface area contributed by atoms with E-state index in [0.29, 0.717) is 94.8 Å². The number of aromatic nitrogens is 7. The van der Waals surface area contributed by atoms with Gasteiger partial charge in [0, 0.05) is 111 Å². The summed E-state index contributed by atoms with van der Waals surface area (Å²) in [5, 5.41) is 32.0. The molecule has 5 aromatic carbocycles. The van der Waals surface area contributed by atoms with Crippen LogP contribution in [0.1, 0.15) is 126 Å². The number of phenols is 3. The van der Waals surface area contributed by atoms with Crippen LogP contribution in [0.15, 0.2) is 162 Å². The second kappa shape index (κ2) is 35.0. The van der Waals surface area contributed by atoms with Gasteiger partial charge in [-0.05, 0) is 167 Å². The highest BCUT2D eigenvalue weighted by molar-refractivity contribution is 6.03. The Morgan fingerprint density at radius 1 is 0.435 bits per heavy atom. The molecule has 12 aromatic rings. The normalized spacial score (nSPS) is 17.9. The molecule has 678 valence electrons. The fourth-order valence-electron chi connectivity index (χ4n) is 19.8. The highest BCUT2D eigenvalue weighted by Crippen LogP contribution is 2.51. The number of halogens is 8. The zero-order chi connectivity index (χ0) is 94.0. The van der Waals surface area contributed by atoms with E-state index in [4.69, 9.17) is 9.47 Å². The molecule has 0 saturated carbocycles. The number of aromatic hydroxyl groups is 3. The van der Waals surface area contributed by atoms with E-state index >= 15 is 35.1 Å². The number of carbonyl (C=O) groups is 3. The number of piperazine rings is 3. The summed E-state index contributed by atoms with van der Waals surface area (Å²) in [6, 6.07) is 17.0. The predicted octanol–water partition coefficient (Wildman–Crippen LogP) is 16.6. The number of hydrogen-bond donors (Lipinski definition) is 3. The van der Waals surface area contributed by atoms with Crippen molar-refractivity contribution in [3.63, 3.8) is 0 Å². The molecule has 13 heterocycles. The number of benzene rings is 5. The van der Waals surface area contributed by atoms with Crippen LogP contribution in [-0.2, 0) is 20.8 Å². The molecule has 32 heteroatoms. The van der Waals surface area contributed by atoms with E-state index in [-0.39, 0.29) is 154 Å². The van der Waals surface area contributed by atoms with Gasteiger partial charge in [-0.3, -0.25) is 57.4 Å². The van der Waals surface area contributed by atoms with Gasteiger partial charge in [-0.25, -0.2) is 40.1 Å². The van der Waals surface area contributed by atoms with Crippen molar-refractivity contribution in [2.24, 2.45) is 0 Å². The van der Waals surface area contributed by atoms with Crippen molar-refractivity contribution in [2.75, 3.05) is 67.2 Å². The van der Waals surface area contributed by atoms with E-state index in [1.165, 1.54) is 57.7 Å². The topological polar surface area (TPSA) is 267 Å². The van der Waals surface area contributed by atoms with Gasteiger partial charge in [0.05, 0.1) is 115 Å². The summed E-state index contributed by atoms with van der Waals surface area (Å²) < 4.78 is 144. The molecule has 6 atom stereocenters. The summed E-state index contributed by atoms with van der Waals surface area (Å²) in [6.07, 6.45) is 9.29. The van der Waals surface area contributed by atoms with E-state index in [9.17, 15) is 44.1 Å². The molecule has 3 N–H and O–H groups in total. The standard InChI is InChI=1S/C34H33F3N4O4.C33H31F3N4O3.C32H31F2N5O4/c1-6-25(43)39-15-19(5)40-20(16-39)11-13-45-33-32(40)21-14-23(36)27(26-22(35)8-7-9-24(26)42)28(37)31(21)41(34(33)44)30-18(4)10-12-38-29(30)17(2)3;1-6-25(42)38-14-18(5)39-19(15-38)12-21-31(39)20-13-23(35)27(26-22(34)8-7-9-24(26)41)28(36)32(20)40(33(21)43)30-17(4)10-11-37-29(30)16(2)3;1-6-24(41)37-13-18(5)38-19(14-37)15-43-30-29(38)20-12-22(34)27(25-21(33)8-7-9-23(25)40)36-31(20)39(32(30)42)28-17(4)10-11-35-26(28)16(2)3/h6-10,12,14,17,19-20,42H,1,11,13,15-16H2,2-5H3;6-11,13,16,18-19,41H,1,12,14-15H2,2-5H3;6-12,16,18-19,40H,1,13-15H2,2-5H3. The quantitative estimate of drug-likeness (QED) is 0.0758. The number of nitrogens with zero attached hydrogens (tertiary/aromatic N) is 13. The Hall–Kier alpha value is -14.2. The number of hydrogen-bond acceptors (Lipinski definition) is 18. The summed E-state index contributed by atoms with van der Waals surface area (Å²) in [4.78, 5) is 110. The minimum Gasteiger partial charge on any atom is -0.507 e. The van der Waals surface area contributed by atoms with Crippen LogP contribution in [0.2, 0.25) is 0 Å². The third kappa shape index (κ3) is 15.1. The van der Waals surface area contributed by atoms with Gasteiger partial charge >= 0.3 is 5.56 Å². The van der Waals surface area contributed by atoms with Crippen molar-refractivity contribution < 1.29 is 74.3 Å². The van der Waals surface area contributed by atoms with E-state index in [2.05, 4.69) is 39.7 Å². The molecule has 7 aromatic heterocycles. The number of phenolic OH excluding ortho intramolecular Hbond substituents is 3. The summed E-state index contributed by atoms with van der Waals surface area (Å²) >= 11 is 0. The molecule has 18 rings (SSSR count). The summed E-state index contributed by atoms with van der Waals surface area (Å²) in [7, 11) is 0. The molecular weight excluding hydrogens is 1700 g/mol. The molecule has 6 aliphatic rings. The number of pyridine rings is 7. The van der Waals surface area contributed by atoms with Crippen LogP contribution in [0.4, 0.5) is 52.2 Å². The molecule has 6 aliphatic heterocycles. The van der Waals surface area contributed by atoms with Gasteiger partial charge in [-0.15, -0.1) is 0 Å². The lowest BCUT2D eigenvalue weighted by Gasteiger charge is -2.49. The number of fused-ring (bicyclic) bond motifs is 15. The minimum absolute atomic E-state index is 0.0272. The van der Waals surface area contributed by atoms with Gasteiger partial charge in [0.15, 0.2) is 23.1 Å². The predicted molar refractivity (Wildman–Crippen MR) is 484 cm³/mol. The molecule has 3 saturated heterocycles. The Morgan fingerprint density at radius 2 is 0.809 bits per heavy atom. The fourth-order valence-corrected chi connectivity index (χ4v) is 19.8. The Morgan fingerprint density at radius 3 is 1.25 bits per heavy atom. The first-order chi connectivity index (χ1) is 62.4. The van der Waals surface area contributed by atoms with Crippen LogP contribution >= 0.6 is 0 Å². The summed E-state index contributed by atoms with van der Waals surface area (Å²) in [5.41, 5.74) is 0.152. The number of carbonyl (C=O) groups excluding carboxylic acids is 3. The third-order valence-corrected chi connectivity index (χ3v) is 25.4.